The van der Waals surface area contributed by atoms with Gasteiger partial charge in [-0.05, 0) is 19.3 Å². The van der Waals surface area contributed by atoms with Crippen LogP contribution in [0.25, 0.3) is 0 Å². The Balaban J connectivity index is 1.80. The Morgan fingerprint density at radius 2 is 1.71 bits per heavy atom. The molecule has 1 saturated heterocycles. The molecule has 0 unspecified atom stereocenters. The van der Waals surface area contributed by atoms with Crippen molar-refractivity contribution in [1.29, 1.82) is 0 Å². The van der Waals surface area contributed by atoms with Gasteiger partial charge in [-0.2, -0.15) is 0 Å². The first-order valence-corrected chi connectivity index (χ1v) is 8.20. The Morgan fingerprint density at radius 3 is 2.24 bits per heavy atom. The van der Waals surface area contributed by atoms with Crippen LogP contribution in [0, 0.1) is 5.41 Å². The van der Waals surface area contributed by atoms with E-state index in [0.29, 0.717) is 12.3 Å². The molecule has 1 aliphatic carbocycles. The molecule has 0 radical (unpaired) electrons. The summed E-state index contributed by atoms with van der Waals surface area (Å²) >= 11 is 0. The summed E-state index contributed by atoms with van der Waals surface area (Å²) in [6.07, 6.45) is 5.91. The summed E-state index contributed by atoms with van der Waals surface area (Å²) < 4.78 is 4.67. The smallest absolute Gasteiger partial charge is 0.306 e. The summed E-state index contributed by atoms with van der Waals surface area (Å²) in [4.78, 5) is 28.3. The van der Waals surface area contributed by atoms with E-state index in [1.54, 1.807) is 0 Å². The summed E-state index contributed by atoms with van der Waals surface area (Å²) in [5.74, 6) is 0.208. The second-order valence-corrected chi connectivity index (χ2v) is 6.30. The molecule has 0 aromatic carbocycles. The number of esters is 1. The lowest BCUT2D eigenvalue weighted by atomic mass is 9.81. The Labute approximate surface area is 127 Å². The number of amides is 1. The highest BCUT2D eigenvalue weighted by Crippen LogP contribution is 2.42. The standard InChI is InChI=1S/C16H28N2O3/c1-3-16(7-4-5-8-16)15(20)18-12-10-17(11-13-18)9-6-14(19)21-2/h3-13H2,1-2H3. The maximum atomic E-state index is 12.8. The molecule has 5 heteroatoms. The van der Waals surface area contributed by atoms with Crippen molar-refractivity contribution in [2.24, 2.45) is 5.41 Å². The van der Waals surface area contributed by atoms with Crippen molar-refractivity contribution < 1.29 is 14.3 Å². The predicted molar refractivity (Wildman–Crippen MR) is 80.8 cm³/mol. The molecule has 0 spiro atoms. The number of ether oxygens (including phenoxy) is 1. The third-order valence-corrected chi connectivity index (χ3v) is 5.21. The lowest BCUT2D eigenvalue weighted by Gasteiger charge is -2.39. The van der Waals surface area contributed by atoms with Gasteiger partial charge in [0.15, 0.2) is 0 Å². The molecule has 5 nitrogen and oxygen atoms in total. The van der Waals surface area contributed by atoms with E-state index in [1.165, 1.54) is 20.0 Å². The minimum atomic E-state index is -0.163. The molecule has 0 bridgehead atoms. The van der Waals surface area contributed by atoms with Gasteiger partial charge in [0.25, 0.3) is 0 Å². The maximum Gasteiger partial charge on any atom is 0.306 e. The SMILES string of the molecule is CCC1(C(=O)N2CCN(CCC(=O)OC)CC2)CCCC1. The van der Waals surface area contributed by atoms with Crippen LogP contribution in [0.15, 0.2) is 0 Å². The Kier molecular flexibility index (Phi) is 5.62. The van der Waals surface area contributed by atoms with Gasteiger partial charge in [-0.3, -0.25) is 14.5 Å². The van der Waals surface area contributed by atoms with E-state index in [1.807, 2.05) is 4.90 Å². The number of carbonyl (C=O) groups is 2. The number of nitrogens with zero attached hydrogens (tertiary/aromatic N) is 2. The molecule has 21 heavy (non-hydrogen) atoms. The van der Waals surface area contributed by atoms with E-state index < -0.39 is 0 Å². The third-order valence-electron chi connectivity index (χ3n) is 5.21. The van der Waals surface area contributed by atoms with E-state index in [2.05, 4.69) is 16.6 Å². The van der Waals surface area contributed by atoms with Crippen LogP contribution < -0.4 is 0 Å². The number of carbonyl (C=O) groups excluding carboxylic acids is 2. The van der Waals surface area contributed by atoms with Gasteiger partial charge in [0, 0.05) is 38.1 Å². The molecule has 0 aromatic rings. The van der Waals surface area contributed by atoms with Gasteiger partial charge in [0.1, 0.15) is 0 Å². The first kappa shape index (κ1) is 16.3. The van der Waals surface area contributed by atoms with Gasteiger partial charge < -0.3 is 9.64 Å². The summed E-state index contributed by atoms with van der Waals surface area (Å²) in [5.41, 5.74) is -0.0752. The van der Waals surface area contributed by atoms with E-state index in [0.717, 1.165) is 52.0 Å². The van der Waals surface area contributed by atoms with Crippen molar-refractivity contribution in [1.82, 2.24) is 9.80 Å². The highest BCUT2D eigenvalue weighted by Gasteiger charge is 2.42. The van der Waals surface area contributed by atoms with Gasteiger partial charge in [-0.1, -0.05) is 19.8 Å². The van der Waals surface area contributed by atoms with E-state index in [9.17, 15) is 9.59 Å². The minimum absolute atomic E-state index is 0.0752. The monoisotopic (exact) mass is 296 g/mol. The molecule has 2 aliphatic rings. The molecular weight excluding hydrogens is 268 g/mol. The van der Waals surface area contributed by atoms with E-state index in [-0.39, 0.29) is 11.4 Å². The molecule has 0 aromatic heterocycles. The summed E-state index contributed by atoms with van der Waals surface area (Å²) in [7, 11) is 1.42. The normalized spacial score (nSPS) is 22.3. The van der Waals surface area contributed by atoms with Crippen LogP contribution in [0.5, 0.6) is 0 Å². The fourth-order valence-electron chi connectivity index (χ4n) is 3.63. The average molecular weight is 296 g/mol. The number of hydrogen-bond acceptors (Lipinski definition) is 4. The van der Waals surface area contributed by atoms with Crippen LogP contribution in [0.4, 0.5) is 0 Å². The van der Waals surface area contributed by atoms with Crippen molar-refractivity contribution in [3.05, 3.63) is 0 Å². The van der Waals surface area contributed by atoms with Gasteiger partial charge >= 0.3 is 5.97 Å². The van der Waals surface area contributed by atoms with Gasteiger partial charge in [0.2, 0.25) is 5.91 Å². The maximum absolute atomic E-state index is 12.8. The molecule has 1 heterocycles. The molecule has 1 saturated carbocycles. The lowest BCUT2D eigenvalue weighted by molar-refractivity contribution is -0.145. The second-order valence-electron chi connectivity index (χ2n) is 6.30. The zero-order valence-corrected chi connectivity index (χ0v) is 13.4. The van der Waals surface area contributed by atoms with E-state index >= 15 is 0 Å². The molecular formula is C16H28N2O3. The minimum Gasteiger partial charge on any atom is -0.469 e. The molecule has 0 N–H and O–H groups in total. The molecule has 1 amide bonds. The number of methoxy groups -OCH3 is 1. The fourth-order valence-corrected chi connectivity index (χ4v) is 3.63. The van der Waals surface area contributed by atoms with Gasteiger partial charge in [0.05, 0.1) is 13.5 Å². The van der Waals surface area contributed by atoms with Gasteiger partial charge in [-0.15, -0.1) is 0 Å². The highest BCUT2D eigenvalue weighted by atomic mass is 16.5. The van der Waals surface area contributed by atoms with Crippen molar-refractivity contribution in [3.8, 4) is 0 Å². The summed E-state index contributed by atoms with van der Waals surface area (Å²) in [6, 6.07) is 0. The quantitative estimate of drug-likeness (QED) is 0.724. The molecule has 2 fully saturated rings. The van der Waals surface area contributed by atoms with Crippen LogP contribution in [-0.4, -0.2) is 61.5 Å². The van der Waals surface area contributed by atoms with Crippen LogP contribution in [0.3, 0.4) is 0 Å². The second kappa shape index (κ2) is 7.25. The molecule has 2 rings (SSSR count). The zero-order chi connectivity index (χ0) is 15.3. The first-order valence-electron chi connectivity index (χ1n) is 8.20. The first-order chi connectivity index (χ1) is 10.1. The summed E-state index contributed by atoms with van der Waals surface area (Å²) in [5, 5.41) is 0. The molecule has 120 valence electrons. The van der Waals surface area contributed by atoms with Crippen molar-refractivity contribution >= 4 is 11.9 Å². The average Bonchev–Trinajstić information content (AvgIpc) is 3.02. The van der Waals surface area contributed by atoms with Gasteiger partial charge in [-0.25, -0.2) is 0 Å². The zero-order valence-electron chi connectivity index (χ0n) is 13.4. The van der Waals surface area contributed by atoms with Crippen molar-refractivity contribution in [2.75, 3.05) is 39.8 Å². The number of hydrogen-bond donors (Lipinski definition) is 0. The Bertz CT molecular complexity index is 370. The van der Waals surface area contributed by atoms with Crippen LogP contribution >= 0.6 is 0 Å². The largest absolute Gasteiger partial charge is 0.469 e. The predicted octanol–water partition coefficient (Wildman–Crippen LogP) is 1.66. The molecule has 1 aliphatic heterocycles. The Morgan fingerprint density at radius 1 is 1.10 bits per heavy atom. The summed E-state index contributed by atoms with van der Waals surface area (Å²) in [6.45, 7) is 6.19. The van der Waals surface area contributed by atoms with Crippen LogP contribution in [0.2, 0.25) is 0 Å². The lowest BCUT2D eigenvalue weighted by Crippen LogP contribution is -2.52. The number of rotatable bonds is 5. The number of piperazine rings is 1. The van der Waals surface area contributed by atoms with Crippen molar-refractivity contribution in [3.63, 3.8) is 0 Å². The third kappa shape index (κ3) is 3.76. The van der Waals surface area contributed by atoms with Crippen molar-refractivity contribution in [2.45, 2.75) is 45.4 Å². The Hall–Kier alpha value is -1.10. The topological polar surface area (TPSA) is 49.9 Å². The fraction of sp³-hybridized carbons (Fsp3) is 0.875. The highest BCUT2D eigenvalue weighted by molar-refractivity contribution is 5.83. The van der Waals surface area contributed by atoms with Crippen LogP contribution in [0.1, 0.15) is 45.4 Å². The van der Waals surface area contributed by atoms with E-state index in [4.69, 9.17) is 0 Å². The van der Waals surface area contributed by atoms with Crippen LogP contribution in [-0.2, 0) is 14.3 Å². The molecule has 0 atom stereocenters.